The van der Waals surface area contributed by atoms with Gasteiger partial charge in [-0.1, -0.05) is 6.07 Å². The highest BCUT2D eigenvalue weighted by molar-refractivity contribution is 6.00. The van der Waals surface area contributed by atoms with Gasteiger partial charge in [-0.05, 0) is 31.4 Å². The third-order valence-corrected chi connectivity index (χ3v) is 3.68. The van der Waals surface area contributed by atoms with Crippen LogP contribution in [-0.2, 0) is 4.79 Å². The molecule has 0 spiro atoms. The number of carbonyl (C=O) groups is 2. The van der Waals surface area contributed by atoms with Gasteiger partial charge in [-0.2, -0.15) is 0 Å². The molecule has 1 saturated heterocycles. The average molecular weight is 277 g/mol. The molecule has 0 aromatic heterocycles. The largest absolute Gasteiger partial charge is 0.480 e. The van der Waals surface area contributed by atoms with Gasteiger partial charge in [0, 0.05) is 6.54 Å². The molecule has 6 heteroatoms. The molecule has 1 atom stereocenters. The number of rotatable bonds is 2. The number of benzene rings is 1. The number of piperidine rings is 1. The van der Waals surface area contributed by atoms with Crippen molar-refractivity contribution in [3.63, 3.8) is 0 Å². The van der Waals surface area contributed by atoms with E-state index in [0.717, 1.165) is 12.8 Å². The maximum Gasteiger partial charge on any atom is 0.326 e. The van der Waals surface area contributed by atoms with Crippen LogP contribution in [0, 0.1) is 0 Å². The number of nitrogens with zero attached hydrogens (tertiary/aromatic N) is 1. The molecule has 0 bridgehead atoms. The zero-order valence-corrected chi connectivity index (χ0v) is 10.9. The maximum atomic E-state index is 12.6. The lowest BCUT2D eigenvalue weighted by molar-refractivity contribution is -0.143. The van der Waals surface area contributed by atoms with Crippen LogP contribution in [0.1, 0.15) is 29.6 Å². The van der Waals surface area contributed by atoms with Crippen LogP contribution < -0.4 is 9.47 Å². The van der Waals surface area contributed by atoms with Gasteiger partial charge in [-0.15, -0.1) is 0 Å². The molecule has 106 valence electrons. The number of aliphatic carboxylic acids is 1. The van der Waals surface area contributed by atoms with Crippen LogP contribution in [0.4, 0.5) is 0 Å². The Bertz CT molecular complexity index is 556. The van der Waals surface area contributed by atoms with E-state index in [1.54, 1.807) is 18.2 Å². The van der Waals surface area contributed by atoms with E-state index in [0.29, 0.717) is 30.0 Å². The highest BCUT2D eigenvalue weighted by atomic mass is 16.7. The number of carboxylic acids is 1. The lowest BCUT2D eigenvalue weighted by atomic mass is 10.0. The molecule has 2 aliphatic rings. The molecule has 2 aliphatic heterocycles. The fourth-order valence-electron chi connectivity index (χ4n) is 2.68. The van der Waals surface area contributed by atoms with Crippen molar-refractivity contribution in [1.82, 2.24) is 4.90 Å². The highest BCUT2D eigenvalue weighted by Gasteiger charge is 2.34. The second-order valence-corrected chi connectivity index (χ2v) is 4.89. The number of hydrogen-bond acceptors (Lipinski definition) is 4. The Balaban J connectivity index is 1.92. The molecular weight excluding hydrogens is 262 g/mol. The summed E-state index contributed by atoms with van der Waals surface area (Å²) in [5, 5.41) is 9.25. The van der Waals surface area contributed by atoms with Gasteiger partial charge in [0.05, 0.1) is 5.56 Å². The Labute approximate surface area is 115 Å². The van der Waals surface area contributed by atoms with E-state index in [9.17, 15) is 14.7 Å². The molecule has 0 saturated carbocycles. The Morgan fingerprint density at radius 2 is 2.10 bits per heavy atom. The highest BCUT2D eigenvalue weighted by Crippen LogP contribution is 2.36. The number of carboxylic acid groups (broad SMARTS) is 1. The number of amides is 1. The van der Waals surface area contributed by atoms with Crippen LogP contribution in [-0.4, -0.2) is 41.3 Å². The minimum absolute atomic E-state index is 0.0853. The number of likely N-dealkylation sites (tertiary alicyclic amines) is 1. The lowest BCUT2D eigenvalue weighted by Gasteiger charge is -2.33. The van der Waals surface area contributed by atoms with Gasteiger partial charge in [0.15, 0.2) is 11.5 Å². The van der Waals surface area contributed by atoms with Crippen molar-refractivity contribution >= 4 is 11.9 Å². The summed E-state index contributed by atoms with van der Waals surface area (Å²) in [6, 6.07) is 4.32. The zero-order chi connectivity index (χ0) is 14.1. The SMILES string of the molecule is O=C(O)[C@@H]1CCCCN1C(=O)c1cccc2c1OCO2. The lowest BCUT2D eigenvalue weighted by Crippen LogP contribution is -2.48. The molecule has 2 heterocycles. The third kappa shape index (κ3) is 2.07. The van der Waals surface area contributed by atoms with E-state index in [-0.39, 0.29) is 12.7 Å². The van der Waals surface area contributed by atoms with Crippen molar-refractivity contribution in [3.05, 3.63) is 23.8 Å². The fourth-order valence-corrected chi connectivity index (χ4v) is 2.68. The van der Waals surface area contributed by atoms with E-state index in [2.05, 4.69) is 0 Å². The van der Waals surface area contributed by atoms with Gasteiger partial charge in [0.25, 0.3) is 5.91 Å². The minimum Gasteiger partial charge on any atom is -0.480 e. The molecule has 0 aliphatic carbocycles. The van der Waals surface area contributed by atoms with Crippen molar-refractivity contribution in [2.75, 3.05) is 13.3 Å². The monoisotopic (exact) mass is 277 g/mol. The third-order valence-electron chi connectivity index (χ3n) is 3.68. The first kappa shape index (κ1) is 12.8. The summed E-state index contributed by atoms with van der Waals surface area (Å²) >= 11 is 0. The van der Waals surface area contributed by atoms with E-state index in [1.165, 1.54) is 4.90 Å². The number of hydrogen-bond donors (Lipinski definition) is 1. The van der Waals surface area contributed by atoms with Crippen molar-refractivity contribution in [2.45, 2.75) is 25.3 Å². The van der Waals surface area contributed by atoms with Crippen LogP contribution >= 0.6 is 0 Å². The minimum atomic E-state index is -0.956. The molecule has 20 heavy (non-hydrogen) atoms. The first-order valence-electron chi connectivity index (χ1n) is 6.61. The Morgan fingerprint density at radius 3 is 2.90 bits per heavy atom. The van der Waals surface area contributed by atoms with Crippen molar-refractivity contribution in [3.8, 4) is 11.5 Å². The molecule has 0 radical (unpaired) electrons. The summed E-state index contributed by atoms with van der Waals surface area (Å²) in [4.78, 5) is 25.3. The van der Waals surface area contributed by atoms with Gasteiger partial charge >= 0.3 is 5.97 Å². The Morgan fingerprint density at radius 1 is 1.25 bits per heavy atom. The van der Waals surface area contributed by atoms with Gasteiger partial charge in [-0.3, -0.25) is 4.79 Å². The smallest absolute Gasteiger partial charge is 0.326 e. The van der Waals surface area contributed by atoms with Crippen LogP contribution in [0.2, 0.25) is 0 Å². The number of para-hydroxylation sites is 1. The fraction of sp³-hybridized carbons (Fsp3) is 0.429. The van der Waals surface area contributed by atoms with Crippen molar-refractivity contribution in [1.29, 1.82) is 0 Å². The molecule has 1 fully saturated rings. The summed E-state index contributed by atoms with van der Waals surface area (Å²) in [7, 11) is 0. The van der Waals surface area contributed by atoms with Gasteiger partial charge in [0.1, 0.15) is 6.04 Å². The summed E-state index contributed by atoms with van der Waals surface area (Å²) in [6.07, 6.45) is 2.14. The van der Waals surface area contributed by atoms with Crippen molar-refractivity contribution in [2.24, 2.45) is 0 Å². The summed E-state index contributed by atoms with van der Waals surface area (Å²) in [6.45, 7) is 0.544. The number of carbonyl (C=O) groups excluding carboxylic acids is 1. The van der Waals surface area contributed by atoms with Gasteiger partial charge < -0.3 is 19.5 Å². The zero-order valence-electron chi connectivity index (χ0n) is 10.9. The topological polar surface area (TPSA) is 76.1 Å². The molecule has 1 aromatic carbocycles. The second-order valence-electron chi connectivity index (χ2n) is 4.89. The van der Waals surface area contributed by atoms with Gasteiger partial charge in [-0.25, -0.2) is 4.79 Å². The Hall–Kier alpha value is -2.24. The molecular formula is C14H15NO5. The normalized spacial score (nSPS) is 20.8. The maximum absolute atomic E-state index is 12.6. The Kier molecular flexibility index (Phi) is 3.22. The molecule has 1 amide bonds. The van der Waals surface area contributed by atoms with E-state index in [1.807, 2.05) is 0 Å². The molecule has 0 unspecified atom stereocenters. The van der Waals surface area contributed by atoms with E-state index >= 15 is 0 Å². The van der Waals surface area contributed by atoms with Crippen LogP contribution in [0.25, 0.3) is 0 Å². The first-order valence-corrected chi connectivity index (χ1v) is 6.61. The van der Waals surface area contributed by atoms with E-state index < -0.39 is 12.0 Å². The van der Waals surface area contributed by atoms with Gasteiger partial charge in [0.2, 0.25) is 6.79 Å². The average Bonchev–Trinajstić information content (AvgIpc) is 2.94. The van der Waals surface area contributed by atoms with Crippen molar-refractivity contribution < 1.29 is 24.2 Å². The summed E-state index contributed by atoms with van der Waals surface area (Å²) in [5.74, 6) is -0.325. The molecule has 1 aromatic rings. The molecule has 6 nitrogen and oxygen atoms in total. The van der Waals surface area contributed by atoms with Crippen LogP contribution in [0.5, 0.6) is 11.5 Å². The quantitative estimate of drug-likeness (QED) is 0.886. The summed E-state index contributed by atoms with van der Waals surface area (Å²) in [5.41, 5.74) is 0.369. The predicted octanol–water partition coefficient (Wildman–Crippen LogP) is 1.49. The summed E-state index contributed by atoms with van der Waals surface area (Å²) < 4.78 is 10.6. The number of ether oxygens (including phenoxy) is 2. The van der Waals surface area contributed by atoms with Crippen LogP contribution in [0.3, 0.4) is 0 Å². The second kappa shape index (κ2) is 5.03. The van der Waals surface area contributed by atoms with E-state index in [4.69, 9.17) is 9.47 Å². The van der Waals surface area contributed by atoms with Crippen LogP contribution in [0.15, 0.2) is 18.2 Å². The predicted molar refractivity (Wildman–Crippen MR) is 68.9 cm³/mol. The first-order chi connectivity index (χ1) is 9.68. The molecule has 1 N–H and O–H groups in total. The number of fused-ring (bicyclic) bond motifs is 1. The standard InChI is InChI=1S/C14H15NO5/c16-13(15-7-2-1-5-10(15)14(17)18)9-4-3-6-11-12(9)20-8-19-11/h3-4,6,10H,1-2,5,7-8H2,(H,17,18)/t10-/m0/s1. The molecule has 3 rings (SSSR count).